The zero-order valence-electron chi connectivity index (χ0n) is 15.2. The number of nitrogens with one attached hydrogen (secondary N) is 1. The molecule has 0 aliphatic carbocycles. The molecule has 0 radical (unpaired) electrons. The highest BCUT2D eigenvalue weighted by Crippen LogP contribution is 2.19. The first kappa shape index (κ1) is 17.6. The third kappa shape index (κ3) is 4.12. The largest absolute Gasteiger partial charge is 0.380 e. The fourth-order valence-electron chi connectivity index (χ4n) is 3.23. The number of fused-ring (bicyclic) bond motifs is 1. The van der Waals surface area contributed by atoms with Crippen molar-refractivity contribution in [3.05, 3.63) is 48.5 Å². The monoisotopic (exact) mass is 366 g/mol. The van der Waals surface area contributed by atoms with Crippen LogP contribution >= 0.6 is 0 Å². The highest BCUT2D eigenvalue weighted by molar-refractivity contribution is 5.95. The Labute approximate surface area is 157 Å². The van der Waals surface area contributed by atoms with Gasteiger partial charge in [-0.15, -0.1) is 0 Å². The van der Waals surface area contributed by atoms with Crippen LogP contribution in [0.3, 0.4) is 0 Å². The normalized spacial score (nSPS) is 18.3. The third-order valence-corrected chi connectivity index (χ3v) is 4.68. The fraction of sp³-hybridized carbons (Fsp3) is 0.368. The number of ether oxygens (including phenoxy) is 1. The van der Waals surface area contributed by atoms with E-state index in [2.05, 4.69) is 32.3 Å². The predicted octanol–water partition coefficient (Wildman–Crippen LogP) is 1.10. The van der Waals surface area contributed by atoms with E-state index < -0.39 is 0 Å². The van der Waals surface area contributed by atoms with Crippen molar-refractivity contribution in [1.82, 2.24) is 29.8 Å². The van der Waals surface area contributed by atoms with Gasteiger partial charge >= 0.3 is 0 Å². The number of carbonyl (C=O) groups excluding carboxylic acids is 1. The maximum absolute atomic E-state index is 12.6. The van der Waals surface area contributed by atoms with Crippen LogP contribution < -0.4 is 5.32 Å². The summed E-state index contributed by atoms with van der Waals surface area (Å²) in [4.78, 5) is 23.2. The van der Waals surface area contributed by atoms with E-state index in [4.69, 9.17) is 4.74 Å². The van der Waals surface area contributed by atoms with Gasteiger partial charge in [-0.3, -0.25) is 4.79 Å². The number of hydrogen-bond donors (Lipinski definition) is 1. The summed E-state index contributed by atoms with van der Waals surface area (Å²) in [5.41, 5.74) is 2.40. The predicted molar refractivity (Wildman–Crippen MR) is 100 cm³/mol. The molecule has 2 aromatic heterocycles. The molecule has 1 atom stereocenters. The van der Waals surface area contributed by atoms with Gasteiger partial charge in [-0.25, -0.2) is 9.50 Å². The molecule has 1 aliphatic heterocycles. The Balaban J connectivity index is 1.45. The number of aromatic nitrogens is 4. The number of amides is 1. The second kappa shape index (κ2) is 7.81. The molecule has 3 aromatic rings. The van der Waals surface area contributed by atoms with Crippen LogP contribution in [0.15, 0.2) is 43.0 Å². The molecule has 1 amide bonds. The van der Waals surface area contributed by atoms with Gasteiger partial charge in [0.05, 0.1) is 13.2 Å². The van der Waals surface area contributed by atoms with E-state index in [1.54, 1.807) is 10.7 Å². The highest BCUT2D eigenvalue weighted by Gasteiger charge is 2.17. The highest BCUT2D eigenvalue weighted by atomic mass is 16.5. The summed E-state index contributed by atoms with van der Waals surface area (Å²) in [6.45, 7) is 3.86. The molecule has 0 saturated carbocycles. The van der Waals surface area contributed by atoms with Crippen LogP contribution in [0.5, 0.6) is 0 Å². The minimum atomic E-state index is -0.0847. The van der Waals surface area contributed by atoms with Crippen molar-refractivity contribution in [3.8, 4) is 11.1 Å². The van der Waals surface area contributed by atoms with Crippen LogP contribution in [0.4, 0.5) is 0 Å². The molecule has 1 aromatic carbocycles. The van der Waals surface area contributed by atoms with Crippen molar-refractivity contribution >= 4 is 11.7 Å². The summed E-state index contributed by atoms with van der Waals surface area (Å²) in [5, 5.41) is 7.14. The van der Waals surface area contributed by atoms with Crippen LogP contribution in [-0.2, 0) is 4.74 Å². The van der Waals surface area contributed by atoms with E-state index >= 15 is 0 Å². The molecular formula is C19H22N6O2. The van der Waals surface area contributed by atoms with Crippen molar-refractivity contribution < 1.29 is 9.53 Å². The first-order valence-electron chi connectivity index (χ1n) is 8.99. The van der Waals surface area contributed by atoms with E-state index in [1.807, 2.05) is 30.5 Å². The maximum atomic E-state index is 12.6. The maximum Gasteiger partial charge on any atom is 0.252 e. The van der Waals surface area contributed by atoms with Crippen LogP contribution in [0.2, 0.25) is 0 Å². The molecule has 0 unspecified atom stereocenters. The summed E-state index contributed by atoms with van der Waals surface area (Å²) in [6.07, 6.45) is 5.05. The molecule has 1 aliphatic rings. The van der Waals surface area contributed by atoms with Gasteiger partial charge < -0.3 is 15.0 Å². The van der Waals surface area contributed by atoms with E-state index in [0.717, 1.165) is 30.8 Å². The average molecular weight is 366 g/mol. The lowest BCUT2D eigenvalue weighted by Crippen LogP contribution is -2.35. The van der Waals surface area contributed by atoms with Crippen molar-refractivity contribution in [3.63, 3.8) is 0 Å². The zero-order valence-corrected chi connectivity index (χ0v) is 15.2. The van der Waals surface area contributed by atoms with E-state index in [-0.39, 0.29) is 5.91 Å². The Hall–Kier alpha value is -2.84. The molecule has 1 N–H and O–H groups in total. The molecule has 8 nitrogen and oxygen atoms in total. The molecule has 3 heterocycles. The van der Waals surface area contributed by atoms with E-state index in [9.17, 15) is 4.79 Å². The number of likely N-dealkylation sites (N-methyl/N-ethyl adjacent to an activating group) is 1. The molecule has 27 heavy (non-hydrogen) atoms. The average Bonchev–Trinajstić information content (AvgIpc) is 3.06. The number of rotatable bonds is 4. The van der Waals surface area contributed by atoms with E-state index in [1.165, 1.54) is 6.33 Å². The molecule has 140 valence electrons. The molecule has 1 saturated heterocycles. The third-order valence-electron chi connectivity index (χ3n) is 4.68. The van der Waals surface area contributed by atoms with Gasteiger partial charge in [-0.2, -0.15) is 10.1 Å². The minimum Gasteiger partial charge on any atom is -0.380 e. The Morgan fingerprint density at radius 3 is 3.19 bits per heavy atom. The van der Waals surface area contributed by atoms with Gasteiger partial charge in [-0.05, 0) is 24.7 Å². The number of hydrogen-bond acceptors (Lipinski definition) is 6. The van der Waals surface area contributed by atoms with Crippen molar-refractivity contribution in [2.45, 2.75) is 0 Å². The van der Waals surface area contributed by atoms with Gasteiger partial charge in [0, 0.05) is 49.1 Å². The first-order valence-corrected chi connectivity index (χ1v) is 8.99. The summed E-state index contributed by atoms with van der Waals surface area (Å²) in [5.74, 6) is 0.755. The number of nitrogens with zero attached hydrogens (tertiary/aromatic N) is 5. The SMILES string of the molecule is CN1CCOC[C@@H](CNC(=O)c2cccc(-c3cnc4ncnn4c3)c2)C1. The molecule has 0 spiro atoms. The standard InChI is InChI=1S/C19H22N6O2/c1-24-5-6-27-12-14(10-24)8-20-18(26)16-4-2-3-15(7-16)17-9-21-19-22-13-23-25(19)11-17/h2-4,7,9,11,13-14H,5-6,8,10,12H2,1H3,(H,20,26)/t14-/m0/s1. The Bertz CT molecular complexity index is 941. The molecule has 1 fully saturated rings. The minimum absolute atomic E-state index is 0.0847. The fourth-order valence-corrected chi connectivity index (χ4v) is 3.23. The quantitative estimate of drug-likeness (QED) is 0.744. The van der Waals surface area contributed by atoms with Crippen LogP contribution in [0, 0.1) is 5.92 Å². The van der Waals surface area contributed by atoms with Gasteiger partial charge in [-0.1, -0.05) is 12.1 Å². The molecule has 4 rings (SSSR count). The molecule has 8 heteroatoms. The van der Waals surface area contributed by atoms with Crippen molar-refractivity contribution in [2.24, 2.45) is 5.92 Å². The second-order valence-corrected chi connectivity index (χ2v) is 6.84. The van der Waals surface area contributed by atoms with Gasteiger partial charge in [0.1, 0.15) is 6.33 Å². The van der Waals surface area contributed by atoms with Gasteiger partial charge in [0.25, 0.3) is 11.7 Å². The lowest BCUT2D eigenvalue weighted by atomic mass is 10.1. The summed E-state index contributed by atoms with van der Waals surface area (Å²) in [6, 6.07) is 7.50. The van der Waals surface area contributed by atoms with Crippen LogP contribution in [-0.4, -0.2) is 70.3 Å². The zero-order chi connectivity index (χ0) is 18.6. The van der Waals surface area contributed by atoms with Crippen molar-refractivity contribution in [1.29, 1.82) is 0 Å². The van der Waals surface area contributed by atoms with Gasteiger partial charge in [0.15, 0.2) is 0 Å². The van der Waals surface area contributed by atoms with Crippen molar-refractivity contribution in [2.75, 3.05) is 39.9 Å². The lowest BCUT2D eigenvalue weighted by Gasteiger charge is -2.19. The topological polar surface area (TPSA) is 84.6 Å². The number of benzene rings is 1. The summed E-state index contributed by atoms with van der Waals surface area (Å²) >= 11 is 0. The van der Waals surface area contributed by atoms with Crippen LogP contribution in [0.25, 0.3) is 16.9 Å². The lowest BCUT2D eigenvalue weighted by molar-refractivity contribution is 0.0921. The van der Waals surface area contributed by atoms with Gasteiger partial charge in [0.2, 0.25) is 0 Å². The molecular weight excluding hydrogens is 344 g/mol. The summed E-state index contributed by atoms with van der Waals surface area (Å²) < 4.78 is 7.22. The summed E-state index contributed by atoms with van der Waals surface area (Å²) in [7, 11) is 2.08. The second-order valence-electron chi connectivity index (χ2n) is 6.84. The Kier molecular flexibility index (Phi) is 5.08. The number of carbonyl (C=O) groups is 1. The van der Waals surface area contributed by atoms with E-state index in [0.29, 0.717) is 30.4 Å². The smallest absolute Gasteiger partial charge is 0.252 e. The Morgan fingerprint density at radius 2 is 2.26 bits per heavy atom. The first-order chi connectivity index (χ1) is 13.2. The Morgan fingerprint density at radius 1 is 1.33 bits per heavy atom. The van der Waals surface area contributed by atoms with Crippen LogP contribution in [0.1, 0.15) is 10.4 Å². The molecule has 0 bridgehead atoms.